The molecule has 0 aromatic heterocycles. The second-order valence-corrected chi connectivity index (χ2v) is 7.15. The van der Waals surface area contributed by atoms with Gasteiger partial charge in [-0.3, -0.25) is 9.18 Å². The molecule has 0 saturated carbocycles. The first-order valence-corrected chi connectivity index (χ1v) is 9.54. The van der Waals surface area contributed by atoms with Gasteiger partial charge in [-0.05, 0) is 48.4 Å². The Kier molecular flexibility index (Phi) is 6.98. The summed E-state index contributed by atoms with van der Waals surface area (Å²) in [4.78, 5) is 14.9. The number of ether oxygens (including phenoxy) is 1. The van der Waals surface area contributed by atoms with Crippen LogP contribution in [-0.4, -0.2) is 43.7 Å². The fraction of sp³-hybridized carbons (Fsp3) is 0.409. The van der Waals surface area contributed by atoms with Gasteiger partial charge in [0, 0.05) is 25.0 Å². The molecule has 1 N–H and O–H groups in total. The van der Waals surface area contributed by atoms with Gasteiger partial charge < -0.3 is 15.0 Å². The molecule has 0 radical (unpaired) electrons. The number of hydrogen-bond acceptors (Lipinski definition) is 3. The molecule has 1 aliphatic heterocycles. The van der Waals surface area contributed by atoms with Gasteiger partial charge in [-0.1, -0.05) is 24.3 Å². The predicted octanol–water partition coefficient (Wildman–Crippen LogP) is 3.35. The van der Waals surface area contributed by atoms with Crippen molar-refractivity contribution in [2.75, 3.05) is 26.9 Å². The second kappa shape index (κ2) is 9.64. The van der Waals surface area contributed by atoms with Gasteiger partial charge in [0.25, 0.3) is 0 Å². The number of piperidine rings is 1. The molecule has 6 heteroatoms. The molecule has 0 aliphatic carbocycles. The van der Waals surface area contributed by atoms with E-state index in [1.54, 1.807) is 24.1 Å². The summed E-state index contributed by atoms with van der Waals surface area (Å²) in [5, 5.41) is 3.20. The van der Waals surface area contributed by atoms with E-state index in [4.69, 9.17) is 4.74 Å². The maximum absolute atomic E-state index is 13.6. The highest BCUT2D eigenvalue weighted by atomic mass is 19.1. The van der Waals surface area contributed by atoms with Crippen molar-refractivity contribution in [2.24, 2.45) is 5.92 Å². The molecule has 0 unspecified atom stereocenters. The number of benzene rings is 2. The van der Waals surface area contributed by atoms with Crippen LogP contribution in [0.2, 0.25) is 0 Å². The number of alkyl halides is 1. The van der Waals surface area contributed by atoms with E-state index in [-0.39, 0.29) is 30.1 Å². The lowest BCUT2D eigenvalue weighted by Crippen LogP contribution is -2.52. The third-order valence-corrected chi connectivity index (χ3v) is 5.27. The number of amides is 1. The van der Waals surface area contributed by atoms with Gasteiger partial charge in [-0.2, -0.15) is 0 Å². The van der Waals surface area contributed by atoms with Crippen LogP contribution in [-0.2, 0) is 17.8 Å². The van der Waals surface area contributed by atoms with E-state index in [1.807, 2.05) is 24.3 Å². The summed E-state index contributed by atoms with van der Waals surface area (Å²) in [6, 6.07) is 13.3. The summed E-state index contributed by atoms with van der Waals surface area (Å²) in [5.41, 5.74) is 1.71. The molecule has 0 spiro atoms. The molecule has 1 saturated heterocycles. The maximum Gasteiger partial charge on any atom is 0.227 e. The molecule has 1 fully saturated rings. The quantitative estimate of drug-likeness (QED) is 0.791. The van der Waals surface area contributed by atoms with Crippen LogP contribution < -0.4 is 10.1 Å². The second-order valence-electron chi connectivity index (χ2n) is 7.15. The Balaban J connectivity index is 1.80. The van der Waals surface area contributed by atoms with E-state index < -0.39 is 6.67 Å². The minimum Gasteiger partial charge on any atom is -0.497 e. The van der Waals surface area contributed by atoms with Crippen molar-refractivity contribution in [3.63, 3.8) is 0 Å². The molecule has 3 rings (SSSR count). The van der Waals surface area contributed by atoms with E-state index >= 15 is 0 Å². The van der Waals surface area contributed by atoms with Crippen molar-refractivity contribution >= 4 is 5.91 Å². The summed E-state index contributed by atoms with van der Waals surface area (Å²) >= 11 is 0. The van der Waals surface area contributed by atoms with Crippen LogP contribution in [0.4, 0.5) is 8.78 Å². The summed E-state index contributed by atoms with van der Waals surface area (Å²) in [6.45, 7) is 1.16. The fourth-order valence-corrected chi connectivity index (χ4v) is 3.67. The normalized spacial score (nSPS) is 19.2. The molecule has 2 aromatic rings. The van der Waals surface area contributed by atoms with Crippen LogP contribution in [0.15, 0.2) is 48.5 Å². The zero-order chi connectivity index (χ0) is 19.9. The molecule has 150 valence electrons. The van der Waals surface area contributed by atoms with Crippen molar-refractivity contribution in [1.29, 1.82) is 0 Å². The molecule has 1 aliphatic rings. The van der Waals surface area contributed by atoms with E-state index in [9.17, 15) is 13.6 Å². The summed E-state index contributed by atoms with van der Waals surface area (Å²) in [5.74, 6) is 0.118. The Morgan fingerprint density at radius 2 is 1.82 bits per heavy atom. The highest BCUT2D eigenvalue weighted by Gasteiger charge is 2.33. The lowest BCUT2D eigenvalue weighted by atomic mass is 9.92. The standard InChI is InChI=1S/C22H26F2N2O2/c1-28-20-8-4-16(5-9-20)12-22(27)26(15-17-2-6-19(24)7-3-17)21-10-11-25-14-18(21)13-23/h2-9,18,21,25H,10-15H2,1H3/t18-,21+/m0/s1. The van der Waals surface area contributed by atoms with E-state index in [0.717, 1.165) is 23.4 Å². The number of halogens is 2. The molecule has 2 aromatic carbocycles. The monoisotopic (exact) mass is 388 g/mol. The average Bonchev–Trinajstić information content (AvgIpc) is 2.73. The van der Waals surface area contributed by atoms with Crippen LogP contribution in [0, 0.1) is 11.7 Å². The molecule has 28 heavy (non-hydrogen) atoms. The Morgan fingerprint density at radius 3 is 2.46 bits per heavy atom. The van der Waals surface area contributed by atoms with Crippen molar-refractivity contribution in [2.45, 2.75) is 25.4 Å². The highest BCUT2D eigenvalue weighted by Crippen LogP contribution is 2.23. The van der Waals surface area contributed by atoms with E-state index in [1.165, 1.54) is 12.1 Å². The molecular formula is C22H26F2N2O2. The third kappa shape index (κ3) is 5.07. The zero-order valence-corrected chi connectivity index (χ0v) is 16.0. The lowest BCUT2D eigenvalue weighted by molar-refractivity contribution is -0.135. The molecule has 0 bridgehead atoms. The van der Waals surface area contributed by atoms with E-state index in [0.29, 0.717) is 19.5 Å². The van der Waals surface area contributed by atoms with Crippen molar-refractivity contribution in [1.82, 2.24) is 10.2 Å². The van der Waals surface area contributed by atoms with Gasteiger partial charge in [-0.25, -0.2) is 4.39 Å². The van der Waals surface area contributed by atoms with Crippen molar-refractivity contribution in [3.05, 3.63) is 65.5 Å². The van der Waals surface area contributed by atoms with Crippen molar-refractivity contribution < 1.29 is 18.3 Å². The Bertz CT molecular complexity index is 765. The van der Waals surface area contributed by atoms with Crippen molar-refractivity contribution in [3.8, 4) is 5.75 Å². The predicted molar refractivity (Wildman–Crippen MR) is 104 cm³/mol. The maximum atomic E-state index is 13.6. The number of methoxy groups -OCH3 is 1. The summed E-state index contributed by atoms with van der Waals surface area (Å²) < 4.78 is 32.0. The Hall–Kier alpha value is -2.47. The highest BCUT2D eigenvalue weighted by molar-refractivity contribution is 5.79. The largest absolute Gasteiger partial charge is 0.497 e. The van der Waals surface area contributed by atoms with Gasteiger partial charge in [0.1, 0.15) is 11.6 Å². The Morgan fingerprint density at radius 1 is 1.14 bits per heavy atom. The van der Waals surface area contributed by atoms with Gasteiger partial charge in [0.05, 0.1) is 20.2 Å². The molecule has 2 atom stereocenters. The van der Waals surface area contributed by atoms with Crippen LogP contribution >= 0.6 is 0 Å². The first-order chi connectivity index (χ1) is 13.6. The van der Waals surface area contributed by atoms with E-state index in [2.05, 4.69) is 5.32 Å². The van der Waals surface area contributed by atoms with Crippen LogP contribution in [0.5, 0.6) is 5.75 Å². The fourth-order valence-electron chi connectivity index (χ4n) is 3.67. The number of hydrogen-bond donors (Lipinski definition) is 1. The molecule has 4 nitrogen and oxygen atoms in total. The first kappa shape index (κ1) is 20.3. The minimum absolute atomic E-state index is 0.0557. The molecular weight excluding hydrogens is 362 g/mol. The number of nitrogens with one attached hydrogen (secondary N) is 1. The van der Waals surface area contributed by atoms with Gasteiger partial charge in [0.15, 0.2) is 0 Å². The first-order valence-electron chi connectivity index (χ1n) is 9.54. The van der Waals surface area contributed by atoms with Gasteiger partial charge in [0.2, 0.25) is 5.91 Å². The Labute approximate surface area is 164 Å². The number of carbonyl (C=O) groups excluding carboxylic acids is 1. The SMILES string of the molecule is COc1ccc(CC(=O)N(Cc2ccc(F)cc2)[C@@H]2CCNC[C@@H]2CF)cc1. The smallest absolute Gasteiger partial charge is 0.227 e. The van der Waals surface area contributed by atoms with Gasteiger partial charge in [-0.15, -0.1) is 0 Å². The number of nitrogens with zero attached hydrogens (tertiary/aromatic N) is 1. The number of rotatable bonds is 7. The average molecular weight is 388 g/mol. The summed E-state index contributed by atoms with van der Waals surface area (Å²) in [6.07, 6.45) is 0.929. The summed E-state index contributed by atoms with van der Waals surface area (Å²) in [7, 11) is 1.60. The molecule has 1 heterocycles. The topological polar surface area (TPSA) is 41.6 Å². The lowest BCUT2D eigenvalue weighted by Gasteiger charge is -2.39. The third-order valence-electron chi connectivity index (χ3n) is 5.27. The minimum atomic E-state index is -0.479. The molecule has 1 amide bonds. The van der Waals surface area contributed by atoms with Crippen LogP contribution in [0.1, 0.15) is 17.5 Å². The van der Waals surface area contributed by atoms with Crippen LogP contribution in [0.3, 0.4) is 0 Å². The van der Waals surface area contributed by atoms with Crippen LogP contribution in [0.25, 0.3) is 0 Å². The zero-order valence-electron chi connectivity index (χ0n) is 16.0. The van der Waals surface area contributed by atoms with Gasteiger partial charge >= 0.3 is 0 Å². The number of carbonyl (C=O) groups is 1.